The summed E-state index contributed by atoms with van der Waals surface area (Å²) in [6, 6.07) is 16.6. The molecule has 1 amide bonds. The van der Waals surface area contributed by atoms with Crippen LogP contribution >= 0.6 is 22.9 Å². The molecule has 3 aromatic carbocycles. The Hall–Kier alpha value is -4.27. The van der Waals surface area contributed by atoms with Crippen molar-refractivity contribution in [2.75, 3.05) is 23.1 Å². The third-order valence-electron chi connectivity index (χ3n) is 7.79. The lowest BCUT2D eigenvalue weighted by molar-refractivity contribution is 0.0978. The van der Waals surface area contributed by atoms with Crippen LogP contribution < -0.4 is 10.6 Å². The second-order valence-corrected chi connectivity index (χ2v) is 11.6. The van der Waals surface area contributed by atoms with Crippen molar-refractivity contribution in [2.24, 2.45) is 0 Å². The maximum Gasteiger partial charge on any atom is 0.274 e. The number of nitrogens with two attached hydrogens (primary N) is 1. The Morgan fingerprint density at radius 1 is 1.05 bits per heavy atom. The number of nitrogens with one attached hydrogen (secondary N) is 2. The standard InChI is InChI=1S/C31H25ClN4O3S/c1-15-14-40-30-27(38)11-25-29(28(15)30)19(12-32)13-36(25)31(39)24-10-17-6-16(2-4-21(17)35-24)7-26(37)23-9-18-8-20(33)3-5-22(18)34-23/h2-6,8-11,14,19,34-35,38H,7,12-13,33H2,1H3/t19-/m1/s1. The van der Waals surface area contributed by atoms with E-state index in [0.717, 1.165) is 48.6 Å². The van der Waals surface area contributed by atoms with Crippen LogP contribution in [0, 0.1) is 6.92 Å². The Labute approximate surface area is 238 Å². The van der Waals surface area contributed by atoms with Gasteiger partial charge < -0.3 is 25.7 Å². The van der Waals surface area contributed by atoms with Crippen molar-refractivity contribution in [3.63, 3.8) is 0 Å². The largest absolute Gasteiger partial charge is 0.506 e. The molecule has 0 saturated heterocycles. The van der Waals surface area contributed by atoms with Crippen molar-refractivity contribution in [1.29, 1.82) is 0 Å². The molecule has 3 aromatic heterocycles. The molecule has 0 fully saturated rings. The highest BCUT2D eigenvalue weighted by Gasteiger charge is 2.36. The van der Waals surface area contributed by atoms with Gasteiger partial charge in [0.25, 0.3) is 5.91 Å². The van der Waals surface area contributed by atoms with Crippen LogP contribution in [0.2, 0.25) is 0 Å². The van der Waals surface area contributed by atoms with Crippen LogP contribution in [-0.4, -0.2) is 39.2 Å². The number of nitrogens with zero attached hydrogens (tertiary/aromatic N) is 1. The van der Waals surface area contributed by atoms with Crippen molar-refractivity contribution < 1.29 is 14.7 Å². The normalized spacial score (nSPS) is 14.9. The number of phenolic OH excluding ortho intramolecular Hbond substituents is 1. The molecule has 40 heavy (non-hydrogen) atoms. The molecule has 200 valence electrons. The summed E-state index contributed by atoms with van der Waals surface area (Å²) in [7, 11) is 0. The number of aryl methyl sites for hydroxylation is 1. The maximum absolute atomic E-state index is 13.8. The topological polar surface area (TPSA) is 115 Å². The maximum atomic E-state index is 13.8. The molecule has 1 atom stereocenters. The molecule has 9 heteroatoms. The minimum absolute atomic E-state index is 0.0277. The SMILES string of the molecule is Cc1csc2c(O)cc3c(c12)[C@H](CCl)CN3C(=O)c1cc2cc(CC(=O)c3cc4cc(N)ccc4[nH]3)ccc2[nH]1. The molecule has 0 bridgehead atoms. The van der Waals surface area contributed by atoms with E-state index < -0.39 is 0 Å². The van der Waals surface area contributed by atoms with Crippen LogP contribution in [0.15, 0.2) is 60.0 Å². The number of aromatic amines is 2. The summed E-state index contributed by atoms with van der Waals surface area (Å²) < 4.78 is 0.824. The van der Waals surface area contributed by atoms with E-state index in [1.165, 1.54) is 11.3 Å². The molecule has 5 N–H and O–H groups in total. The molecule has 0 aliphatic carbocycles. The first-order valence-corrected chi connectivity index (χ1v) is 14.4. The third-order valence-corrected chi connectivity index (χ3v) is 9.28. The second kappa shape index (κ2) is 9.15. The van der Waals surface area contributed by atoms with Gasteiger partial charge in [0.05, 0.1) is 16.1 Å². The summed E-state index contributed by atoms with van der Waals surface area (Å²) in [5, 5.41) is 15.5. The van der Waals surface area contributed by atoms with Crippen LogP contribution in [0.4, 0.5) is 11.4 Å². The zero-order chi connectivity index (χ0) is 27.7. The van der Waals surface area contributed by atoms with Crippen LogP contribution in [0.3, 0.4) is 0 Å². The number of anilines is 2. The molecule has 1 aliphatic rings. The molecule has 4 heterocycles. The van der Waals surface area contributed by atoms with Crippen molar-refractivity contribution in [3.05, 3.63) is 88.1 Å². The van der Waals surface area contributed by atoms with E-state index >= 15 is 0 Å². The van der Waals surface area contributed by atoms with Gasteiger partial charge in [-0.1, -0.05) is 6.07 Å². The fourth-order valence-electron chi connectivity index (χ4n) is 5.87. The van der Waals surface area contributed by atoms with E-state index in [-0.39, 0.29) is 29.8 Å². The number of hydrogen-bond donors (Lipinski definition) is 4. The number of hydrogen-bond acceptors (Lipinski definition) is 5. The van der Waals surface area contributed by atoms with Gasteiger partial charge in [-0.2, -0.15) is 0 Å². The Kier molecular flexibility index (Phi) is 5.66. The Bertz CT molecular complexity index is 2000. The molecule has 7 rings (SSSR count). The highest BCUT2D eigenvalue weighted by atomic mass is 35.5. The summed E-state index contributed by atoms with van der Waals surface area (Å²) in [6.07, 6.45) is 0.221. The van der Waals surface area contributed by atoms with Gasteiger partial charge in [0.1, 0.15) is 11.4 Å². The molecule has 1 aliphatic heterocycles. The van der Waals surface area contributed by atoms with Crippen LogP contribution in [-0.2, 0) is 6.42 Å². The number of aromatic nitrogens is 2. The van der Waals surface area contributed by atoms with Crippen LogP contribution in [0.25, 0.3) is 31.9 Å². The number of H-pyrrole nitrogens is 2. The van der Waals surface area contributed by atoms with E-state index in [2.05, 4.69) is 9.97 Å². The number of amides is 1. The van der Waals surface area contributed by atoms with Gasteiger partial charge in [0.15, 0.2) is 5.78 Å². The van der Waals surface area contributed by atoms with Gasteiger partial charge in [-0.15, -0.1) is 22.9 Å². The number of halogens is 1. The van der Waals surface area contributed by atoms with E-state index in [1.54, 1.807) is 17.0 Å². The predicted molar refractivity (Wildman–Crippen MR) is 162 cm³/mol. The quantitative estimate of drug-likeness (QED) is 0.103. The second-order valence-electron chi connectivity index (χ2n) is 10.5. The van der Waals surface area contributed by atoms with E-state index in [4.69, 9.17) is 17.3 Å². The Morgan fingerprint density at radius 2 is 1.77 bits per heavy atom. The smallest absolute Gasteiger partial charge is 0.274 e. The lowest BCUT2D eigenvalue weighted by Gasteiger charge is -2.17. The average Bonchev–Trinajstić information content (AvgIpc) is 3.71. The third kappa shape index (κ3) is 3.86. The summed E-state index contributed by atoms with van der Waals surface area (Å²) in [5.74, 6) is 0.299. The Morgan fingerprint density at radius 3 is 2.58 bits per heavy atom. The minimum atomic E-state index is -0.188. The number of benzene rings is 3. The first-order valence-electron chi connectivity index (χ1n) is 13.0. The molecule has 0 saturated carbocycles. The van der Waals surface area contributed by atoms with Gasteiger partial charge >= 0.3 is 0 Å². The molecule has 0 spiro atoms. The number of carbonyl (C=O) groups excluding carboxylic acids is 2. The van der Waals surface area contributed by atoms with Gasteiger partial charge in [0.2, 0.25) is 0 Å². The zero-order valence-electron chi connectivity index (χ0n) is 21.5. The fraction of sp³-hybridized carbons (Fsp3) is 0.161. The number of Topliss-reactive ketones (excluding diaryl/α,β-unsaturated/α-hetero) is 1. The lowest BCUT2D eigenvalue weighted by atomic mass is 9.97. The number of thiophene rings is 1. The number of aromatic hydroxyl groups is 1. The number of rotatable bonds is 5. The van der Waals surface area contributed by atoms with E-state index in [0.29, 0.717) is 35.2 Å². The molecular formula is C31H25ClN4O3S. The number of alkyl halides is 1. The summed E-state index contributed by atoms with van der Waals surface area (Å²) in [6.45, 7) is 2.46. The molecule has 7 nitrogen and oxygen atoms in total. The van der Waals surface area contributed by atoms with Crippen LogP contribution in [0.5, 0.6) is 5.75 Å². The van der Waals surface area contributed by atoms with Gasteiger partial charge in [-0.3, -0.25) is 9.59 Å². The van der Waals surface area contributed by atoms with Crippen LogP contribution in [0.1, 0.15) is 43.6 Å². The molecule has 0 radical (unpaired) electrons. The number of phenols is 1. The Balaban J connectivity index is 1.18. The van der Waals surface area contributed by atoms with Gasteiger partial charge in [-0.25, -0.2) is 0 Å². The zero-order valence-corrected chi connectivity index (χ0v) is 23.1. The monoisotopic (exact) mass is 568 g/mol. The molecular weight excluding hydrogens is 544 g/mol. The summed E-state index contributed by atoms with van der Waals surface area (Å²) >= 11 is 7.87. The summed E-state index contributed by atoms with van der Waals surface area (Å²) in [4.78, 5) is 34.9. The summed E-state index contributed by atoms with van der Waals surface area (Å²) in [5.41, 5.74) is 12.8. The van der Waals surface area contributed by atoms with E-state index in [9.17, 15) is 14.7 Å². The van der Waals surface area contributed by atoms with Crippen molar-refractivity contribution in [3.8, 4) is 5.75 Å². The van der Waals surface area contributed by atoms with Gasteiger partial charge in [-0.05, 0) is 71.5 Å². The highest BCUT2D eigenvalue weighted by Crippen LogP contribution is 2.48. The first-order chi connectivity index (χ1) is 19.3. The highest BCUT2D eigenvalue weighted by molar-refractivity contribution is 7.17. The van der Waals surface area contributed by atoms with Gasteiger partial charge in [0, 0.05) is 63.7 Å². The van der Waals surface area contributed by atoms with E-state index in [1.807, 2.05) is 54.8 Å². The fourth-order valence-corrected chi connectivity index (χ4v) is 7.10. The lowest BCUT2D eigenvalue weighted by Crippen LogP contribution is -2.30. The molecule has 6 aromatic rings. The number of ketones is 1. The minimum Gasteiger partial charge on any atom is -0.506 e. The number of nitrogen functional groups attached to an aromatic ring is 1. The predicted octanol–water partition coefficient (Wildman–Crippen LogP) is 6.87. The number of carbonyl (C=O) groups is 2. The molecule has 0 unspecified atom stereocenters. The first kappa shape index (κ1) is 24.7. The number of fused-ring (bicyclic) bond motifs is 5. The van der Waals surface area contributed by atoms with Crippen molar-refractivity contribution in [1.82, 2.24) is 9.97 Å². The average molecular weight is 569 g/mol. The van der Waals surface area contributed by atoms with Crippen molar-refractivity contribution in [2.45, 2.75) is 19.3 Å². The van der Waals surface area contributed by atoms with Crippen molar-refractivity contribution >= 4 is 77.9 Å².